The Kier molecular flexibility index (Phi) is 4.50. The molecule has 0 amide bonds. The number of fused-ring (bicyclic) bond motifs is 1. The molecule has 0 saturated heterocycles. The summed E-state index contributed by atoms with van der Waals surface area (Å²) < 4.78 is 37.4. The third-order valence-electron chi connectivity index (χ3n) is 4.31. The molecule has 150 valence electrons. The summed E-state index contributed by atoms with van der Waals surface area (Å²) in [5, 5.41) is 14.1. The Morgan fingerprint density at radius 2 is 1.93 bits per heavy atom. The standard InChI is InChI=1S/C19H18F2N6O2/c1-19(2,28)17-16(21)18-22-7-13(27(18)10-24-17)11-4-5-12(20)14(6-11)29-8-15-23-9-26(3)25-15/h4-7,9-10,28H,8H2,1-3H3. The van der Waals surface area contributed by atoms with Crippen LogP contribution in [0.15, 0.2) is 37.1 Å². The quantitative estimate of drug-likeness (QED) is 0.554. The average Bonchev–Trinajstić information content (AvgIpc) is 3.27. The first-order valence-corrected chi connectivity index (χ1v) is 8.75. The molecule has 3 heterocycles. The SMILES string of the molecule is Cn1cnc(COc2cc(-c3cnc4c(F)c(C(C)(C)O)ncn34)ccc2F)n1. The molecule has 4 aromatic rings. The number of nitrogens with zero attached hydrogens (tertiary/aromatic N) is 6. The maximum atomic E-state index is 14.7. The summed E-state index contributed by atoms with van der Waals surface area (Å²) in [6, 6.07) is 4.28. The summed E-state index contributed by atoms with van der Waals surface area (Å²) in [6.07, 6.45) is 4.34. The Hall–Kier alpha value is -3.40. The Balaban J connectivity index is 1.69. The number of aryl methyl sites for hydroxylation is 1. The van der Waals surface area contributed by atoms with Crippen LogP contribution in [0.1, 0.15) is 25.4 Å². The van der Waals surface area contributed by atoms with Crippen LogP contribution in [0.4, 0.5) is 8.78 Å². The second kappa shape index (κ2) is 6.89. The van der Waals surface area contributed by atoms with Gasteiger partial charge < -0.3 is 9.84 Å². The van der Waals surface area contributed by atoms with Gasteiger partial charge in [-0.25, -0.2) is 23.7 Å². The summed E-state index contributed by atoms with van der Waals surface area (Å²) in [5.74, 6) is -0.845. The lowest BCUT2D eigenvalue weighted by molar-refractivity contribution is 0.0694. The molecule has 0 aliphatic heterocycles. The number of aromatic nitrogens is 6. The molecule has 0 saturated carbocycles. The molecule has 1 aromatic carbocycles. The molecule has 4 rings (SSSR count). The molecule has 0 atom stereocenters. The van der Waals surface area contributed by atoms with Crippen LogP contribution in [0.25, 0.3) is 16.9 Å². The molecule has 0 bridgehead atoms. The highest BCUT2D eigenvalue weighted by atomic mass is 19.1. The van der Waals surface area contributed by atoms with Crippen molar-refractivity contribution in [2.45, 2.75) is 26.1 Å². The summed E-state index contributed by atoms with van der Waals surface area (Å²) in [7, 11) is 1.72. The van der Waals surface area contributed by atoms with Crippen molar-refractivity contribution in [1.29, 1.82) is 0 Å². The van der Waals surface area contributed by atoms with E-state index in [1.54, 1.807) is 7.05 Å². The van der Waals surface area contributed by atoms with Gasteiger partial charge >= 0.3 is 0 Å². The van der Waals surface area contributed by atoms with Crippen LogP contribution >= 0.6 is 0 Å². The number of aliphatic hydroxyl groups is 1. The smallest absolute Gasteiger partial charge is 0.190 e. The number of ether oxygens (including phenoxy) is 1. The highest BCUT2D eigenvalue weighted by Crippen LogP contribution is 2.29. The van der Waals surface area contributed by atoms with Gasteiger partial charge in [-0.2, -0.15) is 5.10 Å². The molecule has 8 nitrogen and oxygen atoms in total. The Labute approximate surface area is 164 Å². The first-order valence-electron chi connectivity index (χ1n) is 8.75. The Bertz CT molecular complexity index is 1200. The molecule has 0 fully saturated rings. The number of imidazole rings is 1. The minimum absolute atomic E-state index is 0.000504. The lowest BCUT2D eigenvalue weighted by atomic mass is 10.1. The fourth-order valence-electron chi connectivity index (χ4n) is 2.92. The Morgan fingerprint density at radius 1 is 1.14 bits per heavy atom. The molecule has 0 unspecified atom stereocenters. The zero-order valence-electron chi connectivity index (χ0n) is 16.0. The first kappa shape index (κ1) is 18.9. The number of rotatable bonds is 5. The number of halogens is 2. The monoisotopic (exact) mass is 400 g/mol. The van der Waals surface area contributed by atoms with Gasteiger partial charge in [0.05, 0.1) is 11.9 Å². The topological polar surface area (TPSA) is 90.4 Å². The van der Waals surface area contributed by atoms with Gasteiger partial charge in [0.2, 0.25) is 0 Å². The highest BCUT2D eigenvalue weighted by Gasteiger charge is 2.25. The Morgan fingerprint density at radius 3 is 2.62 bits per heavy atom. The molecule has 0 aliphatic carbocycles. The van der Waals surface area contributed by atoms with E-state index in [9.17, 15) is 13.9 Å². The summed E-state index contributed by atoms with van der Waals surface area (Å²) in [6.45, 7) is 2.89. The summed E-state index contributed by atoms with van der Waals surface area (Å²) >= 11 is 0. The van der Waals surface area contributed by atoms with Gasteiger partial charge in [-0.3, -0.25) is 9.08 Å². The third-order valence-corrected chi connectivity index (χ3v) is 4.31. The van der Waals surface area contributed by atoms with Gasteiger partial charge in [0.15, 0.2) is 28.9 Å². The van der Waals surface area contributed by atoms with Gasteiger partial charge in [0.25, 0.3) is 0 Å². The maximum absolute atomic E-state index is 14.7. The van der Waals surface area contributed by atoms with Crippen molar-refractivity contribution in [2.24, 2.45) is 7.05 Å². The predicted octanol–water partition coefficient (Wildman–Crippen LogP) is 2.61. The minimum Gasteiger partial charge on any atom is -0.482 e. The van der Waals surface area contributed by atoms with E-state index < -0.39 is 17.2 Å². The zero-order chi connectivity index (χ0) is 20.8. The van der Waals surface area contributed by atoms with Crippen LogP contribution in [0.2, 0.25) is 0 Å². The molecular weight excluding hydrogens is 382 g/mol. The first-order chi connectivity index (χ1) is 13.7. The summed E-state index contributed by atoms with van der Waals surface area (Å²) in [4.78, 5) is 12.2. The number of hydrogen-bond donors (Lipinski definition) is 1. The van der Waals surface area contributed by atoms with Crippen molar-refractivity contribution in [3.63, 3.8) is 0 Å². The van der Waals surface area contributed by atoms with E-state index in [0.29, 0.717) is 17.1 Å². The van der Waals surface area contributed by atoms with Crippen LogP contribution in [0, 0.1) is 11.6 Å². The van der Waals surface area contributed by atoms with Crippen molar-refractivity contribution in [2.75, 3.05) is 0 Å². The van der Waals surface area contributed by atoms with E-state index in [1.165, 1.54) is 60.0 Å². The van der Waals surface area contributed by atoms with Crippen molar-refractivity contribution in [1.82, 2.24) is 29.1 Å². The molecule has 1 N–H and O–H groups in total. The van der Waals surface area contributed by atoms with Crippen LogP contribution in [0.5, 0.6) is 5.75 Å². The van der Waals surface area contributed by atoms with Crippen molar-refractivity contribution in [3.8, 4) is 17.0 Å². The normalized spacial score (nSPS) is 11.9. The number of hydrogen-bond acceptors (Lipinski definition) is 6. The lowest BCUT2D eigenvalue weighted by Crippen LogP contribution is -2.20. The average molecular weight is 400 g/mol. The number of benzene rings is 1. The van der Waals surface area contributed by atoms with Crippen LogP contribution in [-0.2, 0) is 19.3 Å². The molecule has 10 heteroatoms. The zero-order valence-corrected chi connectivity index (χ0v) is 16.0. The van der Waals surface area contributed by atoms with Crippen LogP contribution < -0.4 is 4.74 Å². The van der Waals surface area contributed by atoms with E-state index in [2.05, 4.69) is 20.1 Å². The van der Waals surface area contributed by atoms with Crippen LogP contribution in [-0.4, -0.2) is 34.2 Å². The van der Waals surface area contributed by atoms with E-state index >= 15 is 0 Å². The van der Waals surface area contributed by atoms with Gasteiger partial charge in [-0.15, -0.1) is 0 Å². The van der Waals surface area contributed by atoms with Crippen molar-refractivity contribution < 1.29 is 18.6 Å². The maximum Gasteiger partial charge on any atom is 0.190 e. The predicted molar refractivity (Wildman–Crippen MR) is 98.9 cm³/mol. The molecular formula is C19H18F2N6O2. The second-order valence-electron chi connectivity index (χ2n) is 7.07. The molecule has 0 radical (unpaired) electrons. The highest BCUT2D eigenvalue weighted by molar-refractivity contribution is 5.65. The third kappa shape index (κ3) is 3.54. The lowest BCUT2D eigenvalue weighted by Gasteiger charge is -2.17. The van der Waals surface area contributed by atoms with E-state index in [4.69, 9.17) is 4.74 Å². The van der Waals surface area contributed by atoms with Crippen molar-refractivity contribution in [3.05, 3.63) is 60.2 Å². The van der Waals surface area contributed by atoms with E-state index in [0.717, 1.165) is 0 Å². The fourth-order valence-corrected chi connectivity index (χ4v) is 2.92. The van der Waals surface area contributed by atoms with Gasteiger partial charge in [0.1, 0.15) is 30.6 Å². The van der Waals surface area contributed by atoms with E-state index in [1.807, 2.05) is 0 Å². The minimum atomic E-state index is -1.45. The van der Waals surface area contributed by atoms with Crippen LogP contribution in [0.3, 0.4) is 0 Å². The molecule has 3 aromatic heterocycles. The van der Waals surface area contributed by atoms with Gasteiger partial charge in [-0.1, -0.05) is 0 Å². The largest absolute Gasteiger partial charge is 0.482 e. The van der Waals surface area contributed by atoms with Crippen molar-refractivity contribution >= 4 is 5.65 Å². The molecule has 0 aliphatic rings. The second-order valence-corrected chi connectivity index (χ2v) is 7.07. The van der Waals surface area contributed by atoms with Gasteiger partial charge in [0, 0.05) is 12.6 Å². The van der Waals surface area contributed by atoms with Gasteiger partial charge in [-0.05, 0) is 32.0 Å². The van der Waals surface area contributed by atoms with E-state index in [-0.39, 0.29) is 23.7 Å². The molecule has 29 heavy (non-hydrogen) atoms. The summed E-state index contributed by atoms with van der Waals surface area (Å²) in [5.41, 5.74) is -0.492. The fraction of sp³-hybridized carbons (Fsp3) is 0.263. The molecule has 0 spiro atoms.